The van der Waals surface area contributed by atoms with Gasteiger partial charge in [-0.3, -0.25) is 14.6 Å². The van der Waals surface area contributed by atoms with Gasteiger partial charge in [0.1, 0.15) is 11.6 Å². The van der Waals surface area contributed by atoms with Crippen LogP contribution in [-0.2, 0) is 0 Å². The number of aromatic nitrogens is 2. The fourth-order valence-corrected chi connectivity index (χ4v) is 4.07. The highest BCUT2D eigenvalue weighted by Gasteiger charge is 2.31. The molecule has 2 amide bonds. The largest absolute Gasteiger partial charge is 0.573 e. The van der Waals surface area contributed by atoms with Gasteiger partial charge in [0.25, 0.3) is 5.91 Å². The molecular weight excluding hydrogens is 463 g/mol. The second kappa shape index (κ2) is 9.61. The smallest absolute Gasteiger partial charge is 0.406 e. The van der Waals surface area contributed by atoms with E-state index in [2.05, 4.69) is 24.9 Å². The summed E-state index contributed by atoms with van der Waals surface area (Å²) in [6, 6.07) is 9.03. The topological polar surface area (TPSA) is 110 Å². The number of nitrogens with zero attached hydrogens (tertiary/aromatic N) is 3. The summed E-state index contributed by atoms with van der Waals surface area (Å²) >= 11 is 0. The van der Waals surface area contributed by atoms with Crippen LogP contribution < -0.4 is 20.7 Å². The molecule has 3 aromatic rings. The molecule has 182 valence electrons. The predicted molar refractivity (Wildman–Crippen MR) is 122 cm³/mol. The highest BCUT2D eigenvalue weighted by atomic mass is 19.4. The van der Waals surface area contributed by atoms with Crippen molar-refractivity contribution in [1.29, 1.82) is 0 Å². The van der Waals surface area contributed by atoms with Gasteiger partial charge in [0.05, 0.1) is 17.4 Å². The highest BCUT2D eigenvalue weighted by molar-refractivity contribution is 6.04. The molecule has 11 heteroatoms. The van der Waals surface area contributed by atoms with E-state index >= 15 is 0 Å². The van der Waals surface area contributed by atoms with Crippen LogP contribution in [0.2, 0.25) is 0 Å². The van der Waals surface area contributed by atoms with Gasteiger partial charge in [-0.1, -0.05) is 6.07 Å². The number of rotatable bonds is 6. The Kier molecular flexibility index (Phi) is 6.59. The van der Waals surface area contributed by atoms with Crippen molar-refractivity contribution < 1.29 is 27.5 Å². The molecule has 1 atom stereocenters. The van der Waals surface area contributed by atoms with Gasteiger partial charge in [-0.05, 0) is 48.7 Å². The summed E-state index contributed by atoms with van der Waals surface area (Å²) in [5.74, 6) is -1.46. The molecule has 35 heavy (non-hydrogen) atoms. The second-order valence-electron chi connectivity index (χ2n) is 8.18. The van der Waals surface area contributed by atoms with Gasteiger partial charge in [0.15, 0.2) is 0 Å². The van der Waals surface area contributed by atoms with Crippen molar-refractivity contribution in [2.45, 2.75) is 25.6 Å². The minimum absolute atomic E-state index is 0.0623. The van der Waals surface area contributed by atoms with Crippen LogP contribution in [0.5, 0.6) is 5.75 Å². The first-order chi connectivity index (χ1) is 16.6. The van der Waals surface area contributed by atoms with E-state index in [-0.39, 0.29) is 11.7 Å². The molecule has 0 spiro atoms. The van der Waals surface area contributed by atoms with Crippen molar-refractivity contribution >= 4 is 23.3 Å². The molecule has 8 nitrogen and oxygen atoms in total. The number of benzene rings is 1. The standard InChI is InChI=1S/C24H22F3N5O3/c1-14-2-3-15(23(34)31-21-10-19(4-6-30-21)35-24(25,26)27)9-20(14)16-5-7-32(13-16)18-8-17(22(28)33)11-29-12-18/h2-4,6,8-12,16H,5,7,13H2,1H3,(H2,28,33)(H,30,31,34)/t16-/m1/s1. The van der Waals surface area contributed by atoms with Crippen molar-refractivity contribution in [3.05, 3.63) is 77.2 Å². The molecule has 1 saturated heterocycles. The van der Waals surface area contributed by atoms with Crippen molar-refractivity contribution in [3.63, 3.8) is 0 Å². The number of carbonyl (C=O) groups excluding carboxylic acids is 2. The Morgan fingerprint density at radius 1 is 1.14 bits per heavy atom. The fourth-order valence-electron chi connectivity index (χ4n) is 4.07. The molecule has 1 aliphatic heterocycles. The molecule has 3 heterocycles. The summed E-state index contributed by atoms with van der Waals surface area (Å²) < 4.78 is 41.3. The van der Waals surface area contributed by atoms with E-state index in [0.29, 0.717) is 17.7 Å². The number of primary amides is 1. The molecule has 0 radical (unpaired) electrons. The summed E-state index contributed by atoms with van der Waals surface area (Å²) in [7, 11) is 0. The first kappa shape index (κ1) is 24.0. The number of pyridine rings is 2. The lowest BCUT2D eigenvalue weighted by Crippen LogP contribution is -2.21. The zero-order valence-corrected chi connectivity index (χ0v) is 18.7. The minimum Gasteiger partial charge on any atom is -0.406 e. The van der Waals surface area contributed by atoms with Crippen molar-refractivity contribution in [2.75, 3.05) is 23.3 Å². The average Bonchev–Trinajstić information content (AvgIpc) is 3.28. The number of carbonyl (C=O) groups is 2. The maximum atomic E-state index is 12.8. The number of ether oxygens (including phenoxy) is 1. The van der Waals surface area contributed by atoms with Crippen LogP contribution in [-0.4, -0.2) is 41.2 Å². The van der Waals surface area contributed by atoms with Gasteiger partial charge in [0.2, 0.25) is 5.91 Å². The first-order valence-corrected chi connectivity index (χ1v) is 10.7. The van der Waals surface area contributed by atoms with Crippen LogP contribution in [0.15, 0.2) is 55.0 Å². The van der Waals surface area contributed by atoms with Gasteiger partial charge in [-0.2, -0.15) is 0 Å². The monoisotopic (exact) mass is 485 g/mol. The molecule has 0 unspecified atom stereocenters. The Bertz CT molecular complexity index is 1270. The van der Waals surface area contributed by atoms with E-state index < -0.39 is 23.9 Å². The van der Waals surface area contributed by atoms with Crippen LogP contribution >= 0.6 is 0 Å². The quantitative estimate of drug-likeness (QED) is 0.546. The Labute approximate surface area is 198 Å². The Hall–Kier alpha value is -4.15. The lowest BCUT2D eigenvalue weighted by molar-refractivity contribution is -0.274. The minimum atomic E-state index is -4.85. The van der Waals surface area contributed by atoms with Crippen LogP contribution in [0.4, 0.5) is 24.7 Å². The lowest BCUT2D eigenvalue weighted by Gasteiger charge is -2.20. The number of alkyl halides is 3. The molecule has 3 N–H and O–H groups in total. The van der Waals surface area contributed by atoms with E-state index in [9.17, 15) is 22.8 Å². The Balaban J connectivity index is 1.48. The number of halogens is 3. The molecule has 0 bridgehead atoms. The molecule has 0 saturated carbocycles. The zero-order chi connectivity index (χ0) is 25.2. The number of amides is 2. The fraction of sp³-hybridized carbons (Fsp3) is 0.250. The molecule has 1 aromatic carbocycles. The van der Waals surface area contributed by atoms with Gasteiger partial charge in [-0.15, -0.1) is 13.2 Å². The van der Waals surface area contributed by atoms with Crippen LogP contribution in [0.1, 0.15) is 44.2 Å². The first-order valence-electron chi connectivity index (χ1n) is 10.7. The zero-order valence-electron chi connectivity index (χ0n) is 18.7. The van der Waals surface area contributed by atoms with Crippen molar-refractivity contribution in [1.82, 2.24) is 9.97 Å². The third kappa shape index (κ3) is 5.86. The summed E-state index contributed by atoms with van der Waals surface area (Å²) in [6.45, 7) is 3.35. The number of hydrogen-bond donors (Lipinski definition) is 2. The second-order valence-corrected chi connectivity index (χ2v) is 8.18. The molecular formula is C24H22F3N5O3. The van der Waals surface area contributed by atoms with Crippen molar-refractivity contribution in [3.8, 4) is 5.75 Å². The Morgan fingerprint density at radius 3 is 2.69 bits per heavy atom. The lowest BCUT2D eigenvalue weighted by atomic mass is 9.92. The van der Waals surface area contributed by atoms with Gasteiger partial charge < -0.3 is 20.7 Å². The Morgan fingerprint density at radius 2 is 1.94 bits per heavy atom. The van der Waals surface area contributed by atoms with Crippen LogP contribution in [0.25, 0.3) is 0 Å². The van der Waals surface area contributed by atoms with E-state index in [1.54, 1.807) is 24.4 Å². The van der Waals surface area contributed by atoms with Crippen LogP contribution in [0.3, 0.4) is 0 Å². The maximum absolute atomic E-state index is 12.8. The van der Waals surface area contributed by atoms with Crippen molar-refractivity contribution in [2.24, 2.45) is 5.73 Å². The third-order valence-corrected chi connectivity index (χ3v) is 5.75. The molecule has 0 aliphatic carbocycles. The van der Waals surface area contributed by atoms with Gasteiger partial charge >= 0.3 is 6.36 Å². The van der Waals surface area contributed by atoms with Crippen LogP contribution in [0, 0.1) is 6.92 Å². The maximum Gasteiger partial charge on any atom is 0.573 e. The number of anilines is 2. The predicted octanol–water partition coefficient (Wildman–Crippen LogP) is 4.03. The SMILES string of the molecule is Cc1ccc(C(=O)Nc2cc(OC(F)(F)F)ccn2)cc1[C@@H]1CCN(c2cncc(C(N)=O)c2)C1. The number of nitrogens with one attached hydrogen (secondary N) is 1. The van der Waals surface area contributed by atoms with E-state index in [0.717, 1.165) is 48.1 Å². The van der Waals surface area contributed by atoms with E-state index in [4.69, 9.17) is 5.73 Å². The number of nitrogens with two attached hydrogens (primary N) is 1. The third-order valence-electron chi connectivity index (χ3n) is 5.75. The summed E-state index contributed by atoms with van der Waals surface area (Å²) in [4.78, 5) is 34.4. The molecule has 2 aromatic heterocycles. The summed E-state index contributed by atoms with van der Waals surface area (Å²) in [6.07, 6.45) is 0.193. The van der Waals surface area contributed by atoms with E-state index in [1.807, 2.05) is 13.0 Å². The number of aryl methyl sites for hydroxylation is 1. The molecule has 4 rings (SSSR count). The van der Waals surface area contributed by atoms with Gasteiger partial charge in [0, 0.05) is 43.0 Å². The number of hydrogen-bond acceptors (Lipinski definition) is 6. The highest BCUT2D eigenvalue weighted by Crippen LogP contribution is 2.33. The molecule has 1 aliphatic rings. The molecule has 1 fully saturated rings. The summed E-state index contributed by atoms with van der Waals surface area (Å²) in [5.41, 5.74) is 8.83. The normalized spacial score (nSPS) is 15.7. The van der Waals surface area contributed by atoms with Gasteiger partial charge in [-0.25, -0.2) is 4.98 Å². The summed E-state index contributed by atoms with van der Waals surface area (Å²) in [5, 5.41) is 2.51. The van der Waals surface area contributed by atoms with E-state index in [1.165, 1.54) is 6.20 Å². The average molecular weight is 485 g/mol.